The highest BCUT2D eigenvalue weighted by atomic mass is 79.9. The molecule has 2 rings (SSSR count). The monoisotopic (exact) mass is 352 g/mol. The summed E-state index contributed by atoms with van der Waals surface area (Å²) in [6.45, 7) is 3.21. The minimum atomic E-state index is 0.116. The van der Waals surface area contributed by atoms with E-state index >= 15 is 0 Å². The summed E-state index contributed by atoms with van der Waals surface area (Å²) in [7, 11) is 0. The van der Waals surface area contributed by atoms with E-state index in [4.69, 9.17) is 0 Å². The number of benzene rings is 1. The lowest BCUT2D eigenvalue weighted by Crippen LogP contribution is -2.36. The molecule has 116 valence electrons. The Morgan fingerprint density at radius 3 is 2.76 bits per heavy atom. The number of rotatable bonds is 6. The normalized spacial score (nSPS) is 20.0. The van der Waals surface area contributed by atoms with Gasteiger partial charge in [0.05, 0.1) is 6.04 Å². The Bertz CT molecular complexity index is 441. The van der Waals surface area contributed by atoms with Crippen molar-refractivity contribution in [1.29, 1.82) is 0 Å². The fourth-order valence-corrected chi connectivity index (χ4v) is 3.12. The van der Waals surface area contributed by atoms with Crippen LogP contribution in [0.1, 0.15) is 57.1 Å². The first-order valence-corrected chi connectivity index (χ1v) is 8.76. The molecule has 1 heterocycles. The number of piperidine rings is 1. The molecular formula is C17H25BrN2O. The van der Waals surface area contributed by atoms with E-state index in [1.807, 2.05) is 12.1 Å². The number of hydrogen-bond acceptors (Lipinski definition) is 2. The number of nitrogens with one attached hydrogen (secondary N) is 2. The van der Waals surface area contributed by atoms with Crippen LogP contribution >= 0.6 is 15.9 Å². The van der Waals surface area contributed by atoms with E-state index in [2.05, 4.69) is 45.6 Å². The van der Waals surface area contributed by atoms with Crippen LogP contribution in [-0.2, 0) is 4.79 Å². The summed E-state index contributed by atoms with van der Waals surface area (Å²) in [6.07, 6.45) is 6.24. The summed E-state index contributed by atoms with van der Waals surface area (Å²) in [4.78, 5) is 12.1. The van der Waals surface area contributed by atoms with Gasteiger partial charge in [-0.15, -0.1) is 0 Å². The van der Waals surface area contributed by atoms with Crippen molar-refractivity contribution in [3.05, 3.63) is 34.3 Å². The molecule has 2 unspecified atom stereocenters. The lowest BCUT2D eigenvalue weighted by molar-refractivity contribution is -0.122. The van der Waals surface area contributed by atoms with Crippen LogP contribution in [-0.4, -0.2) is 18.5 Å². The van der Waals surface area contributed by atoms with Gasteiger partial charge in [-0.2, -0.15) is 0 Å². The molecule has 0 radical (unpaired) electrons. The molecule has 21 heavy (non-hydrogen) atoms. The first-order chi connectivity index (χ1) is 10.2. The maximum Gasteiger partial charge on any atom is 0.220 e. The van der Waals surface area contributed by atoms with Crippen LogP contribution in [0.4, 0.5) is 0 Å². The van der Waals surface area contributed by atoms with Crippen molar-refractivity contribution in [3.63, 3.8) is 0 Å². The van der Waals surface area contributed by atoms with Gasteiger partial charge in [0.2, 0.25) is 5.91 Å². The lowest BCUT2D eigenvalue weighted by Gasteiger charge is -2.24. The van der Waals surface area contributed by atoms with Crippen LogP contribution in [0.5, 0.6) is 0 Å². The molecule has 0 aromatic heterocycles. The molecular weight excluding hydrogens is 328 g/mol. The van der Waals surface area contributed by atoms with Gasteiger partial charge in [-0.1, -0.05) is 41.4 Å². The zero-order valence-corrected chi connectivity index (χ0v) is 14.3. The van der Waals surface area contributed by atoms with Crippen LogP contribution in [0, 0.1) is 0 Å². The minimum Gasteiger partial charge on any atom is -0.349 e. The van der Waals surface area contributed by atoms with Gasteiger partial charge in [-0.05, 0) is 49.9 Å². The van der Waals surface area contributed by atoms with Crippen LogP contribution < -0.4 is 10.6 Å². The van der Waals surface area contributed by atoms with Crippen molar-refractivity contribution < 1.29 is 4.79 Å². The smallest absolute Gasteiger partial charge is 0.220 e. The van der Waals surface area contributed by atoms with E-state index in [9.17, 15) is 4.79 Å². The molecule has 0 spiro atoms. The Hall–Kier alpha value is -0.870. The first-order valence-electron chi connectivity index (χ1n) is 7.97. The van der Waals surface area contributed by atoms with E-state index in [1.54, 1.807) is 0 Å². The second-order valence-electron chi connectivity index (χ2n) is 5.77. The summed E-state index contributed by atoms with van der Waals surface area (Å²) >= 11 is 3.44. The molecule has 4 heteroatoms. The van der Waals surface area contributed by atoms with Gasteiger partial charge in [0, 0.05) is 16.9 Å². The molecule has 1 amide bonds. The van der Waals surface area contributed by atoms with E-state index in [-0.39, 0.29) is 11.9 Å². The van der Waals surface area contributed by atoms with E-state index in [1.165, 1.54) is 24.8 Å². The molecule has 1 aliphatic rings. The second kappa shape index (κ2) is 8.54. The molecule has 1 aromatic carbocycles. The Morgan fingerprint density at radius 1 is 1.38 bits per heavy atom. The number of halogens is 1. The fraction of sp³-hybridized carbons (Fsp3) is 0.588. The summed E-state index contributed by atoms with van der Waals surface area (Å²) in [5.41, 5.74) is 1.17. The van der Waals surface area contributed by atoms with Gasteiger partial charge in [0.25, 0.3) is 0 Å². The summed E-state index contributed by atoms with van der Waals surface area (Å²) in [5, 5.41) is 6.65. The fourth-order valence-electron chi connectivity index (χ4n) is 2.86. The molecule has 1 fully saturated rings. The number of carbonyl (C=O) groups excluding carboxylic acids is 1. The van der Waals surface area contributed by atoms with Crippen molar-refractivity contribution in [1.82, 2.24) is 10.6 Å². The zero-order valence-electron chi connectivity index (χ0n) is 12.7. The molecule has 0 bridgehead atoms. The van der Waals surface area contributed by atoms with E-state index in [0.717, 1.165) is 23.9 Å². The average Bonchev–Trinajstić information content (AvgIpc) is 2.52. The van der Waals surface area contributed by atoms with Crippen molar-refractivity contribution in [2.24, 2.45) is 0 Å². The first kappa shape index (κ1) is 16.5. The molecule has 0 aliphatic carbocycles. The highest BCUT2D eigenvalue weighted by molar-refractivity contribution is 9.10. The Labute approximate surface area is 136 Å². The van der Waals surface area contributed by atoms with Crippen molar-refractivity contribution in [3.8, 4) is 0 Å². The van der Waals surface area contributed by atoms with Gasteiger partial charge in [0.1, 0.15) is 0 Å². The molecule has 1 aromatic rings. The third kappa shape index (κ3) is 5.44. The van der Waals surface area contributed by atoms with Crippen molar-refractivity contribution in [2.45, 2.75) is 57.5 Å². The number of hydrogen-bond donors (Lipinski definition) is 2. The van der Waals surface area contributed by atoms with Crippen LogP contribution in [0.25, 0.3) is 0 Å². The maximum atomic E-state index is 12.1. The van der Waals surface area contributed by atoms with Crippen molar-refractivity contribution in [2.75, 3.05) is 6.54 Å². The molecule has 0 saturated carbocycles. The van der Waals surface area contributed by atoms with Crippen LogP contribution in [0.15, 0.2) is 28.7 Å². The summed E-state index contributed by atoms with van der Waals surface area (Å²) in [6, 6.07) is 8.83. The van der Waals surface area contributed by atoms with E-state index in [0.29, 0.717) is 12.5 Å². The summed E-state index contributed by atoms with van der Waals surface area (Å²) < 4.78 is 1.07. The van der Waals surface area contributed by atoms with Crippen LogP contribution in [0.2, 0.25) is 0 Å². The molecule has 1 saturated heterocycles. The predicted molar refractivity (Wildman–Crippen MR) is 90.2 cm³/mol. The highest BCUT2D eigenvalue weighted by Gasteiger charge is 2.16. The van der Waals surface area contributed by atoms with Gasteiger partial charge >= 0.3 is 0 Å². The molecule has 2 N–H and O–H groups in total. The van der Waals surface area contributed by atoms with Gasteiger partial charge in [-0.3, -0.25) is 4.79 Å². The molecule has 1 aliphatic heterocycles. The molecule has 3 nitrogen and oxygen atoms in total. The Morgan fingerprint density at radius 2 is 2.14 bits per heavy atom. The quantitative estimate of drug-likeness (QED) is 0.813. The average molecular weight is 353 g/mol. The van der Waals surface area contributed by atoms with Crippen molar-refractivity contribution >= 4 is 21.8 Å². The topological polar surface area (TPSA) is 41.1 Å². The standard InChI is InChI=1S/C17H25BrN2O/c1-2-16(13-6-8-14(18)9-7-13)20-17(21)11-10-15-5-3-4-12-19-15/h6-9,15-16,19H,2-5,10-12H2,1H3,(H,20,21). The number of carbonyl (C=O) groups is 1. The molecule has 2 atom stereocenters. The van der Waals surface area contributed by atoms with E-state index < -0.39 is 0 Å². The van der Waals surface area contributed by atoms with Gasteiger partial charge < -0.3 is 10.6 Å². The summed E-state index contributed by atoms with van der Waals surface area (Å²) in [5.74, 6) is 0.164. The van der Waals surface area contributed by atoms with Crippen LogP contribution in [0.3, 0.4) is 0 Å². The second-order valence-corrected chi connectivity index (χ2v) is 6.68. The number of amides is 1. The third-order valence-corrected chi connectivity index (χ3v) is 4.68. The van der Waals surface area contributed by atoms with Gasteiger partial charge in [0.15, 0.2) is 0 Å². The Kier molecular flexibility index (Phi) is 6.71. The SMILES string of the molecule is CCC(NC(=O)CCC1CCCCN1)c1ccc(Br)cc1. The third-order valence-electron chi connectivity index (χ3n) is 4.15. The predicted octanol–water partition coefficient (Wildman–Crippen LogP) is 3.94. The highest BCUT2D eigenvalue weighted by Crippen LogP contribution is 2.20. The van der Waals surface area contributed by atoms with Gasteiger partial charge in [-0.25, -0.2) is 0 Å². The Balaban J connectivity index is 1.80. The zero-order chi connectivity index (χ0) is 15.1. The minimum absolute atomic E-state index is 0.116. The maximum absolute atomic E-state index is 12.1. The lowest BCUT2D eigenvalue weighted by atomic mass is 10.00. The largest absolute Gasteiger partial charge is 0.349 e.